The van der Waals surface area contributed by atoms with Crippen LogP contribution >= 0.6 is 11.6 Å². The second kappa shape index (κ2) is 5.29. The second-order valence-corrected chi connectivity index (χ2v) is 4.72. The summed E-state index contributed by atoms with van der Waals surface area (Å²) in [6.45, 7) is 0. The van der Waals surface area contributed by atoms with Gasteiger partial charge in [0.25, 0.3) is 0 Å². The molecule has 0 aliphatic rings. The molecule has 0 spiro atoms. The molecule has 0 aliphatic carbocycles. The van der Waals surface area contributed by atoms with E-state index in [2.05, 4.69) is 35.4 Å². The molecule has 1 heterocycles. The van der Waals surface area contributed by atoms with Crippen LogP contribution in [0.4, 0.5) is 0 Å². The molecule has 3 heteroatoms. The van der Waals surface area contributed by atoms with Gasteiger partial charge in [-0.05, 0) is 47.9 Å². The van der Waals surface area contributed by atoms with E-state index in [9.17, 15) is 0 Å². The Balaban J connectivity index is 1.82. The van der Waals surface area contributed by atoms with E-state index in [0.29, 0.717) is 0 Å². The van der Waals surface area contributed by atoms with E-state index in [1.165, 1.54) is 5.56 Å². The normalized spacial score (nSPS) is 10.6. The van der Waals surface area contributed by atoms with Gasteiger partial charge in [0.2, 0.25) is 0 Å². The Morgan fingerprint density at radius 2 is 2.00 bits per heavy atom. The van der Waals surface area contributed by atoms with Crippen LogP contribution in [0, 0.1) is 6.07 Å². The minimum atomic E-state index is 0.763. The standard InChI is InChI=1S/C16H12ClN2/c17-16-5-2-1-4-14(16)12-13-6-8-15(9-7-13)19-11-3-10-18-19/h1,3-11H,12H2. The summed E-state index contributed by atoms with van der Waals surface area (Å²) in [7, 11) is 0. The molecule has 0 amide bonds. The van der Waals surface area contributed by atoms with Crippen molar-refractivity contribution >= 4 is 11.6 Å². The van der Waals surface area contributed by atoms with E-state index in [1.807, 2.05) is 29.1 Å². The second-order valence-electron chi connectivity index (χ2n) is 4.31. The first-order chi connectivity index (χ1) is 9.33. The van der Waals surface area contributed by atoms with Crippen LogP contribution in [-0.4, -0.2) is 9.78 Å². The van der Waals surface area contributed by atoms with E-state index in [1.54, 1.807) is 12.3 Å². The van der Waals surface area contributed by atoms with Crippen molar-refractivity contribution in [3.8, 4) is 5.69 Å². The van der Waals surface area contributed by atoms with Crippen LogP contribution in [0.3, 0.4) is 0 Å². The van der Waals surface area contributed by atoms with Gasteiger partial charge in [0.15, 0.2) is 0 Å². The lowest BCUT2D eigenvalue weighted by Gasteiger charge is -2.06. The highest BCUT2D eigenvalue weighted by Crippen LogP contribution is 2.19. The maximum atomic E-state index is 6.14. The minimum absolute atomic E-state index is 0.763. The Kier molecular flexibility index (Phi) is 3.34. The van der Waals surface area contributed by atoms with Gasteiger partial charge in [-0.2, -0.15) is 5.10 Å². The molecule has 1 radical (unpaired) electrons. The van der Waals surface area contributed by atoms with Gasteiger partial charge in [0.05, 0.1) is 5.69 Å². The Bertz CT molecular complexity index is 657. The third kappa shape index (κ3) is 2.69. The molecule has 2 aromatic carbocycles. The van der Waals surface area contributed by atoms with Crippen molar-refractivity contribution in [3.05, 3.63) is 83.1 Å². The molecular formula is C16H12ClN2. The topological polar surface area (TPSA) is 17.8 Å². The smallest absolute Gasteiger partial charge is 0.0645 e. The first-order valence-corrected chi connectivity index (χ1v) is 6.44. The molecule has 19 heavy (non-hydrogen) atoms. The lowest BCUT2D eigenvalue weighted by Crippen LogP contribution is -1.95. The van der Waals surface area contributed by atoms with Gasteiger partial charge in [0, 0.05) is 17.4 Å². The Morgan fingerprint density at radius 1 is 1.16 bits per heavy atom. The van der Waals surface area contributed by atoms with E-state index in [4.69, 9.17) is 11.6 Å². The molecule has 0 bridgehead atoms. The van der Waals surface area contributed by atoms with Crippen molar-refractivity contribution in [3.63, 3.8) is 0 Å². The summed E-state index contributed by atoms with van der Waals surface area (Å²) in [5, 5.41) is 4.97. The van der Waals surface area contributed by atoms with Gasteiger partial charge in [-0.25, -0.2) is 4.68 Å². The number of hydrogen-bond acceptors (Lipinski definition) is 1. The largest absolute Gasteiger partial charge is 0.241 e. The van der Waals surface area contributed by atoms with Crippen molar-refractivity contribution in [2.75, 3.05) is 0 Å². The maximum Gasteiger partial charge on any atom is 0.0645 e. The fourth-order valence-electron chi connectivity index (χ4n) is 1.99. The number of benzene rings is 2. The fraction of sp³-hybridized carbons (Fsp3) is 0.0625. The molecule has 0 saturated carbocycles. The molecule has 1 aromatic heterocycles. The minimum Gasteiger partial charge on any atom is -0.241 e. The molecule has 3 rings (SSSR count). The lowest BCUT2D eigenvalue weighted by molar-refractivity contribution is 0.879. The number of halogens is 1. The Labute approximate surface area is 117 Å². The van der Waals surface area contributed by atoms with E-state index < -0.39 is 0 Å². The van der Waals surface area contributed by atoms with E-state index in [0.717, 1.165) is 22.7 Å². The van der Waals surface area contributed by atoms with Crippen LogP contribution in [0.2, 0.25) is 5.02 Å². The molecule has 0 unspecified atom stereocenters. The van der Waals surface area contributed by atoms with Crippen molar-refractivity contribution in [2.45, 2.75) is 6.42 Å². The number of nitrogens with zero attached hydrogens (tertiary/aromatic N) is 2. The SMILES string of the molecule is Clc1c[c]ccc1Cc1ccc(-n2cccn2)cc1. The fourth-order valence-corrected chi connectivity index (χ4v) is 2.19. The molecule has 0 saturated heterocycles. The molecule has 93 valence electrons. The summed E-state index contributed by atoms with van der Waals surface area (Å²) in [5.74, 6) is 0. The highest BCUT2D eigenvalue weighted by Gasteiger charge is 2.02. The highest BCUT2D eigenvalue weighted by molar-refractivity contribution is 6.31. The van der Waals surface area contributed by atoms with Crippen molar-refractivity contribution < 1.29 is 0 Å². The Morgan fingerprint density at radius 3 is 2.68 bits per heavy atom. The molecule has 0 fully saturated rings. The van der Waals surface area contributed by atoms with Crippen molar-refractivity contribution in [1.82, 2.24) is 9.78 Å². The number of hydrogen-bond donors (Lipinski definition) is 0. The average Bonchev–Trinajstić information content (AvgIpc) is 2.96. The summed E-state index contributed by atoms with van der Waals surface area (Å²) in [6.07, 6.45) is 4.53. The van der Waals surface area contributed by atoms with Crippen LogP contribution in [0.5, 0.6) is 0 Å². The highest BCUT2D eigenvalue weighted by atomic mass is 35.5. The quantitative estimate of drug-likeness (QED) is 0.703. The number of rotatable bonds is 3. The van der Waals surface area contributed by atoms with E-state index in [-0.39, 0.29) is 0 Å². The third-order valence-corrected chi connectivity index (χ3v) is 3.35. The van der Waals surface area contributed by atoms with Crippen molar-refractivity contribution in [1.29, 1.82) is 0 Å². The molecular weight excluding hydrogens is 256 g/mol. The average molecular weight is 268 g/mol. The van der Waals surface area contributed by atoms with Gasteiger partial charge in [0.1, 0.15) is 0 Å². The first kappa shape index (κ1) is 12.0. The molecule has 0 aliphatic heterocycles. The first-order valence-electron chi connectivity index (χ1n) is 6.06. The predicted molar refractivity (Wildman–Crippen MR) is 76.7 cm³/mol. The Hall–Kier alpha value is -2.06. The van der Waals surface area contributed by atoms with Crippen LogP contribution in [0.15, 0.2) is 60.9 Å². The summed E-state index contributed by atoms with van der Waals surface area (Å²) in [5.41, 5.74) is 3.40. The van der Waals surface area contributed by atoms with Crippen LogP contribution in [0.1, 0.15) is 11.1 Å². The summed E-state index contributed by atoms with van der Waals surface area (Å²) < 4.78 is 1.84. The van der Waals surface area contributed by atoms with Gasteiger partial charge in [-0.1, -0.05) is 35.9 Å². The molecule has 2 nitrogen and oxygen atoms in total. The summed E-state index contributed by atoms with van der Waals surface area (Å²) >= 11 is 6.14. The number of aromatic nitrogens is 2. The van der Waals surface area contributed by atoms with Crippen LogP contribution in [0.25, 0.3) is 5.69 Å². The van der Waals surface area contributed by atoms with Gasteiger partial charge >= 0.3 is 0 Å². The van der Waals surface area contributed by atoms with E-state index >= 15 is 0 Å². The lowest BCUT2D eigenvalue weighted by atomic mass is 10.0. The molecule has 0 atom stereocenters. The summed E-state index contributed by atoms with van der Waals surface area (Å²) in [4.78, 5) is 0. The zero-order valence-electron chi connectivity index (χ0n) is 10.3. The molecule has 3 aromatic rings. The van der Waals surface area contributed by atoms with Crippen LogP contribution in [-0.2, 0) is 6.42 Å². The van der Waals surface area contributed by atoms with Gasteiger partial charge < -0.3 is 0 Å². The zero-order chi connectivity index (χ0) is 13.1. The monoisotopic (exact) mass is 267 g/mol. The summed E-state index contributed by atoms with van der Waals surface area (Å²) in [6, 6.07) is 18.9. The zero-order valence-corrected chi connectivity index (χ0v) is 11.0. The van der Waals surface area contributed by atoms with Crippen molar-refractivity contribution in [2.24, 2.45) is 0 Å². The third-order valence-electron chi connectivity index (χ3n) is 3.00. The van der Waals surface area contributed by atoms with Gasteiger partial charge in [-0.3, -0.25) is 0 Å². The molecule has 0 N–H and O–H groups in total. The predicted octanol–water partition coefficient (Wildman–Crippen LogP) is 3.92. The van der Waals surface area contributed by atoms with Gasteiger partial charge in [-0.15, -0.1) is 0 Å². The van der Waals surface area contributed by atoms with Crippen LogP contribution < -0.4 is 0 Å². The maximum absolute atomic E-state index is 6.14.